The Morgan fingerprint density at radius 3 is 2.04 bits per heavy atom. The van der Waals surface area contributed by atoms with Gasteiger partial charge in [-0.25, -0.2) is 26.9 Å². The van der Waals surface area contributed by atoms with Crippen molar-refractivity contribution in [1.82, 2.24) is 4.98 Å². The Hall–Kier alpha value is -2.81. The van der Waals surface area contributed by atoms with Gasteiger partial charge in [-0.2, -0.15) is 0 Å². The van der Waals surface area contributed by atoms with E-state index in [9.17, 15) is 26.7 Å². The maximum absolute atomic E-state index is 13.6. The number of thiazole rings is 1. The number of hydrogen-bond acceptors (Lipinski definition) is 3. The molecule has 27 heavy (non-hydrogen) atoms. The number of rotatable bonds is 4. The number of benzene rings is 2. The molecule has 0 radical (unpaired) electrons. The number of amides is 1. The molecular weight excluding hydrogens is 387 g/mol. The summed E-state index contributed by atoms with van der Waals surface area (Å²) in [6.07, 6.45) is -1.00. The van der Waals surface area contributed by atoms with Crippen LogP contribution in [0.1, 0.15) is 10.6 Å². The molecule has 2 aromatic carbocycles. The lowest BCUT2D eigenvalue weighted by molar-refractivity contribution is -0.115. The molecule has 0 aliphatic rings. The van der Waals surface area contributed by atoms with Gasteiger partial charge < -0.3 is 5.32 Å². The largest absolute Gasteiger partial charge is 0.326 e. The lowest BCUT2D eigenvalue weighted by atomic mass is 10.1. The van der Waals surface area contributed by atoms with Crippen LogP contribution >= 0.6 is 11.3 Å². The van der Waals surface area contributed by atoms with Gasteiger partial charge >= 0.3 is 0 Å². The summed E-state index contributed by atoms with van der Waals surface area (Å²) >= 11 is 1.48. The predicted octanol–water partition coefficient (Wildman–Crippen LogP) is 5.00. The Morgan fingerprint density at radius 1 is 0.963 bits per heavy atom. The zero-order valence-corrected chi connectivity index (χ0v) is 14.6. The van der Waals surface area contributed by atoms with E-state index in [1.807, 2.05) is 12.3 Å². The minimum atomic E-state index is -2.26. The fraction of sp³-hybridized carbons (Fsp3) is 0.111. The monoisotopic (exact) mass is 398 g/mol. The van der Waals surface area contributed by atoms with Crippen LogP contribution in [0.2, 0.25) is 0 Å². The maximum Gasteiger partial charge on any atom is 0.229 e. The summed E-state index contributed by atoms with van der Waals surface area (Å²) in [5, 5.41) is 5.11. The third kappa shape index (κ3) is 3.82. The molecule has 1 amide bonds. The van der Waals surface area contributed by atoms with Crippen molar-refractivity contribution >= 4 is 22.9 Å². The van der Waals surface area contributed by atoms with E-state index in [4.69, 9.17) is 0 Å². The van der Waals surface area contributed by atoms with Crippen molar-refractivity contribution in [2.75, 3.05) is 5.32 Å². The highest BCUT2D eigenvalue weighted by atomic mass is 32.1. The zero-order chi connectivity index (χ0) is 19.7. The van der Waals surface area contributed by atoms with Crippen molar-refractivity contribution in [3.8, 4) is 11.3 Å². The van der Waals surface area contributed by atoms with Crippen LogP contribution in [0, 0.1) is 36.0 Å². The van der Waals surface area contributed by atoms with Crippen molar-refractivity contribution in [3.05, 3.63) is 69.3 Å². The molecule has 3 rings (SSSR count). The number of anilines is 1. The number of carbonyl (C=O) groups excluding carboxylic acids is 1. The first kappa shape index (κ1) is 19.0. The molecule has 1 aromatic heterocycles. The van der Waals surface area contributed by atoms with Crippen LogP contribution in [-0.2, 0) is 11.2 Å². The Bertz CT molecular complexity index is 988. The summed E-state index contributed by atoms with van der Waals surface area (Å²) in [6.45, 7) is 1.86. The normalized spacial score (nSPS) is 10.9. The van der Waals surface area contributed by atoms with Crippen LogP contribution < -0.4 is 5.32 Å². The SMILES string of the molecule is Cc1nc(-c2ccc(NC(=O)Cc3c(F)c(F)c(F)c(F)c3F)cc2)cs1. The van der Waals surface area contributed by atoms with Crippen LogP contribution in [0.3, 0.4) is 0 Å². The van der Waals surface area contributed by atoms with Crippen molar-refractivity contribution in [2.24, 2.45) is 0 Å². The van der Waals surface area contributed by atoms with Crippen molar-refractivity contribution < 1.29 is 26.7 Å². The van der Waals surface area contributed by atoms with E-state index < -0.39 is 47.0 Å². The van der Waals surface area contributed by atoms with Gasteiger partial charge in [0.2, 0.25) is 11.7 Å². The first-order valence-electron chi connectivity index (χ1n) is 7.60. The lowest BCUT2D eigenvalue weighted by Crippen LogP contribution is -2.18. The fourth-order valence-corrected chi connectivity index (χ4v) is 3.01. The molecule has 0 bridgehead atoms. The van der Waals surface area contributed by atoms with Crippen LogP contribution in [0.4, 0.5) is 27.6 Å². The minimum absolute atomic E-state index is 0.305. The summed E-state index contributed by atoms with van der Waals surface area (Å²) in [5.74, 6) is -11.4. The number of aryl methyl sites for hydroxylation is 1. The average molecular weight is 398 g/mol. The fourth-order valence-electron chi connectivity index (χ4n) is 2.39. The second kappa shape index (κ2) is 7.43. The van der Waals surface area contributed by atoms with Gasteiger partial charge in [0.1, 0.15) is 0 Å². The molecule has 9 heteroatoms. The van der Waals surface area contributed by atoms with E-state index in [1.165, 1.54) is 11.3 Å². The first-order valence-corrected chi connectivity index (χ1v) is 8.48. The minimum Gasteiger partial charge on any atom is -0.326 e. The molecule has 0 fully saturated rings. The average Bonchev–Trinajstić information content (AvgIpc) is 3.09. The molecule has 0 spiro atoms. The van der Waals surface area contributed by atoms with E-state index in [1.54, 1.807) is 24.3 Å². The molecule has 1 heterocycles. The van der Waals surface area contributed by atoms with Gasteiger partial charge in [0.25, 0.3) is 0 Å². The molecular formula is C18H11F5N2OS. The Labute approximate surface area is 154 Å². The van der Waals surface area contributed by atoms with Crippen LogP contribution in [0.5, 0.6) is 0 Å². The van der Waals surface area contributed by atoms with E-state index in [0.717, 1.165) is 16.3 Å². The van der Waals surface area contributed by atoms with Gasteiger partial charge in [-0.1, -0.05) is 12.1 Å². The summed E-state index contributed by atoms with van der Waals surface area (Å²) in [6, 6.07) is 6.45. The first-order chi connectivity index (χ1) is 12.8. The zero-order valence-electron chi connectivity index (χ0n) is 13.7. The molecule has 3 nitrogen and oxygen atoms in total. The number of hydrogen-bond donors (Lipinski definition) is 1. The summed E-state index contributed by atoms with van der Waals surface area (Å²) in [5.41, 5.74) is 0.687. The van der Waals surface area contributed by atoms with Gasteiger partial charge in [0.05, 0.1) is 17.1 Å². The molecule has 0 atom stereocenters. The van der Waals surface area contributed by atoms with Crippen LogP contribution in [-0.4, -0.2) is 10.9 Å². The van der Waals surface area contributed by atoms with Gasteiger partial charge in [-0.05, 0) is 19.1 Å². The Balaban J connectivity index is 1.75. The third-order valence-electron chi connectivity index (χ3n) is 3.72. The van der Waals surface area contributed by atoms with Crippen LogP contribution in [0.25, 0.3) is 11.3 Å². The molecule has 3 aromatic rings. The number of carbonyl (C=O) groups is 1. The second-order valence-corrected chi connectivity index (χ2v) is 6.66. The van der Waals surface area contributed by atoms with Gasteiger partial charge in [-0.15, -0.1) is 11.3 Å². The quantitative estimate of drug-likeness (QED) is 0.382. The van der Waals surface area contributed by atoms with E-state index in [0.29, 0.717) is 5.69 Å². The van der Waals surface area contributed by atoms with Crippen molar-refractivity contribution in [2.45, 2.75) is 13.3 Å². The van der Waals surface area contributed by atoms with Crippen LogP contribution in [0.15, 0.2) is 29.6 Å². The highest BCUT2D eigenvalue weighted by Gasteiger charge is 2.26. The number of aromatic nitrogens is 1. The molecule has 0 aliphatic heterocycles. The van der Waals surface area contributed by atoms with Gasteiger partial charge in [0.15, 0.2) is 23.3 Å². The highest BCUT2D eigenvalue weighted by Crippen LogP contribution is 2.25. The molecule has 0 saturated heterocycles. The highest BCUT2D eigenvalue weighted by molar-refractivity contribution is 7.09. The molecule has 140 valence electrons. The summed E-state index contributed by atoms with van der Waals surface area (Å²) in [4.78, 5) is 16.3. The van der Waals surface area contributed by atoms with E-state index in [2.05, 4.69) is 10.3 Å². The van der Waals surface area contributed by atoms with Crippen molar-refractivity contribution in [3.63, 3.8) is 0 Å². The third-order valence-corrected chi connectivity index (χ3v) is 4.49. The standard InChI is InChI=1S/C18H11F5N2OS/c1-8-24-12(7-27-8)9-2-4-10(5-3-9)25-13(26)6-11-14(19)16(21)18(23)17(22)15(11)20/h2-5,7H,6H2,1H3,(H,25,26). The number of nitrogens with one attached hydrogen (secondary N) is 1. The lowest BCUT2D eigenvalue weighted by Gasteiger charge is -2.09. The van der Waals surface area contributed by atoms with E-state index in [-0.39, 0.29) is 0 Å². The van der Waals surface area contributed by atoms with Gasteiger partial charge in [0, 0.05) is 22.2 Å². The Morgan fingerprint density at radius 2 is 1.52 bits per heavy atom. The molecule has 0 unspecified atom stereocenters. The topological polar surface area (TPSA) is 42.0 Å². The Kier molecular flexibility index (Phi) is 5.22. The smallest absolute Gasteiger partial charge is 0.229 e. The summed E-state index contributed by atoms with van der Waals surface area (Å²) in [7, 11) is 0. The molecule has 0 aliphatic carbocycles. The predicted molar refractivity (Wildman–Crippen MR) is 90.9 cm³/mol. The molecule has 1 N–H and O–H groups in total. The summed E-state index contributed by atoms with van der Waals surface area (Å²) < 4.78 is 66.7. The second-order valence-electron chi connectivity index (χ2n) is 5.60. The van der Waals surface area contributed by atoms with Gasteiger partial charge in [-0.3, -0.25) is 4.79 Å². The van der Waals surface area contributed by atoms with Crippen molar-refractivity contribution in [1.29, 1.82) is 0 Å². The maximum atomic E-state index is 13.6. The molecule has 0 saturated carbocycles. The number of nitrogens with zero attached hydrogens (tertiary/aromatic N) is 1. The number of halogens is 5. The van der Waals surface area contributed by atoms with E-state index >= 15 is 0 Å².